The molecule has 0 fully saturated rings. The molecule has 0 bridgehead atoms. The molecule has 0 radical (unpaired) electrons. The van der Waals surface area contributed by atoms with Crippen molar-refractivity contribution >= 4 is 17.4 Å². The molecule has 0 spiro atoms. The largest absolute Gasteiger partial charge is 0.365 e. The Hall–Kier alpha value is -2.12. The molecule has 0 saturated heterocycles. The Bertz CT molecular complexity index is 528. The summed E-state index contributed by atoms with van der Waals surface area (Å²) in [6.07, 6.45) is 0. The summed E-state index contributed by atoms with van der Waals surface area (Å²) in [6, 6.07) is 12.9. The van der Waals surface area contributed by atoms with E-state index in [1.165, 1.54) is 0 Å². The number of halogens is 1. The molecule has 1 heterocycles. The van der Waals surface area contributed by atoms with Gasteiger partial charge in [-0.15, -0.1) is 10.2 Å². The van der Waals surface area contributed by atoms with Gasteiger partial charge < -0.3 is 5.32 Å². The molecule has 0 unspecified atom stereocenters. The Morgan fingerprint density at radius 3 is 2.47 bits per heavy atom. The van der Waals surface area contributed by atoms with E-state index in [0.29, 0.717) is 23.1 Å². The zero-order chi connectivity index (χ0) is 12.1. The smallest absolute Gasteiger partial charge is 0.151 e. The molecule has 0 aliphatic heterocycles. The number of rotatable bonds is 3. The van der Waals surface area contributed by atoms with E-state index in [-0.39, 0.29) is 0 Å². The fraction of sp³-hybridized carbons (Fsp3) is 0.0833. The molecule has 5 heteroatoms. The van der Waals surface area contributed by atoms with Gasteiger partial charge in [0.1, 0.15) is 5.82 Å². The third-order valence-corrected chi connectivity index (χ3v) is 2.39. The molecule has 17 heavy (non-hydrogen) atoms. The summed E-state index contributed by atoms with van der Waals surface area (Å²) in [7, 11) is 0. The molecule has 1 aromatic heterocycles. The zero-order valence-electron chi connectivity index (χ0n) is 8.89. The SMILES string of the molecule is N#Cc1ccc(CNc2ccc(Cl)nn2)cc1. The lowest BCUT2D eigenvalue weighted by molar-refractivity contribution is 1.00. The molecule has 0 aliphatic rings. The molecule has 2 aromatic rings. The van der Waals surface area contributed by atoms with Crippen molar-refractivity contribution in [3.63, 3.8) is 0 Å². The molecule has 84 valence electrons. The zero-order valence-corrected chi connectivity index (χ0v) is 9.65. The third-order valence-electron chi connectivity index (χ3n) is 2.19. The lowest BCUT2D eigenvalue weighted by atomic mass is 10.1. The molecular weight excluding hydrogens is 236 g/mol. The third kappa shape index (κ3) is 3.16. The van der Waals surface area contributed by atoms with Gasteiger partial charge in [-0.05, 0) is 29.8 Å². The molecular formula is C12H9ClN4. The second kappa shape index (κ2) is 5.28. The summed E-state index contributed by atoms with van der Waals surface area (Å²) in [6.45, 7) is 0.627. The van der Waals surface area contributed by atoms with Crippen molar-refractivity contribution in [3.05, 3.63) is 52.7 Å². The van der Waals surface area contributed by atoms with Crippen LogP contribution >= 0.6 is 11.6 Å². The van der Waals surface area contributed by atoms with Gasteiger partial charge in [0.2, 0.25) is 0 Å². The minimum absolute atomic E-state index is 0.369. The summed E-state index contributed by atoms with van der Waals surface area (Å²) in [5.41, 5.74) is 1.72. The number of hydrogen-bond acceptors (Lipinski definition) is 4. The van der Waals surface area contributed by atoms with Crippen molar-refractivity contribution in [2.24, 2.45) is 0 Å². The molecule has 4 nitrogen and oxygen atoms in total. The fourth-order valence-corrected chi connectivity index (χ4v) is 1.40. The number of benzene rings is 1. The van der Waals surface area contributed by atoms with Gasteiger partial charge in [0, 0.05) is 6.54 Å². The van der Waals surface area contributed by atoms with Crippen LogP contribution < -0.4 is 5.32 Å². The van der Waals surface area contributed by atoms with Crippen molar-refractivity contribution < 1.29 is 0 Å². The first-order valence-corrected chi connectivity index (χ1v) is 5.38. The van der Waals surface area contributed by atoms with E-state index >= 15 is 0 Å². The van der Waals surface area contributed by atoms with E-state index in [1.807, 2.05) is 12.1 Å². The maximum absolute atomic E-state index is 8.67. The highest BCUT2D eigenvalue weighted by atomic mass is 35.5. The van der Waals surface area contributed by atoms with Crippen LogP contribution in [0, 0.1) is 11.3 Å². The number of aromatic nitrogens is 2. The van der Waals surface area contributed by atoms with Gasteiger partial charge in [-0.3, -0.25) is 0 Å². The van der Waals surface area contributed by atoms with E-state index in [4.69, 9.17) is 16.9 Å². The summed E-state index contributed by atoms with van der Waals surface area (Å²) in [5.74, 6) is 0.666. The highest BCUT2D eigenvalue weighted by Gasteiger charge is 1.97. The van der Waals surface area contributed by atoms with Crippen LogP contribution in [0.3, 0.4) is 0 Å². The van der Waals surface area contributed by atoms with Crippen LogP contribution in [0.25, 0.3) is 0 Å². The minimum atomic E-state index is 0.369. The Morgan fingerprint density at radius 2 is 1.88 bits per heavy atom. The molecule has 0 atom stereocenters. The second-order valence-electron chi connectivity index (χ2n) is 3.40. The number of nitriles is 1. The van der Waals surface area contributed by atoms with Gasteiger partial charge in [0.05, 0.1) is 11.6 Å². The number of hydrogen-bond donors (Lipinski definition) is 1. The molecule has 0 aliphatic carbocycles. The first kappa shape index (κ1) is 11.4. The van der Waals surface area contributed by atoms with Crippen LogP contribution in [0.15, 0.2) is 36.4 Å². The van der Waals surface area contributed by atoms with Gasteiger partial charge in [0.25, 0.3) is 0 Å². The first-order chi connectivity index (χ1) is 8.28. The van der Waals surface area contributed by atoms with Crippen LogP contribution in [0.4, 0.5) is 5.82 Å². The number of nitrogens with zero attached hydrogens (tertiary/aromatic N) is 3. The highest BCUT2D eigenvalue weighted by Crippen LogP contribution is 2.09. The number of anilines is 1. The standard InChI is InChI=1S/C12H9ClN4/c13-11-5-6-12(17-16-11)15-8-10-3-1-9(7-14)2-4-10/h1-6H,8H2,(H,15,17). The topological polar surface area (TPSA) is 61.6 Å². The predicted octanol–water partition coefficient (Wildman–Crippen LogP) is 2.61. The molecule has 1 N–H and O–H groups in total. The maximum Gasteiger partial charge on any atom is 0.151 e. The summed E-state index contributed by atoms with van der Waals surface area (Å²) >= 11 is 5.63. The maximum atomic E-state index is 8.67. The van der Waals surface area contributed by atoms with Crippen molar-refractivity contribution in [3.8, 4) is 6.07 Å². The lowest BCUT2D eigenvalue weighted by Gasteiger charge is -2.04. The van der Waals surface area contributed by atoms with Crippen molar-refractivity contribution in [2.75, 3.05) is 5.32 Å². The molecule has 1 aromatic carbocycles. The summed E-state index contributed by atoms with van der Waals surface area (Å²) in [4.78, 5) is 0. The first-order valence-electron chi connectivity index (χ1n) is 5.00. The van der Waals surface area contributed by atoms with Crippen LogP contribution in [0.2, 0.25) is 5.15 Å². The Labute approximate surface area is 104 Å². The van der Waals surface area contributed by atoms with Crippen molar-refractivity contribution in [1.82, 2.24) is 10.2 Å². The van der Waals surface area contributed by atoms with Crippen LogP contribution in [0.1, 0.15) is 11.1 Å². The van der Waals surface area contributed by atoms with E-state index < -0.39 is 0 Å². The van der Waals surface area contributed by atoms with Crippen LogP contribution in [-0.4, -0.2) is 10.2 Å². The predicted molar refractivity (Wildman–Crippen MR) is 65.5 cm³/mol. The van der Waals surface area contributed by atoms with E-state index in [1.54, 1.807) is 24.3 Å². The quantitative estimate of drug-likeness (QED) is 0.902. The lowest BCUT2D eigenvalue weighted by Crippen LogP contribution is -2.01. The minimum Gasteiger partial charge on any atom is -0.365 e. The normalized spacial score (nSPS) is 9.65. The van der Waals surface area contributed by atoms with Gasteiger partial charge in [-0.25, -0.2) is 0 Å². The monoisotopic (exact) mass is 244 g/mol. The van der Waals surface area contributed by atoms with E-state index in [2.05, 4.69) is 21.6 Å². The molecule has 2 rings (SSSR count). The second-order valence-corrected chi connectivity index (χ2v) is 3.79. The fourth-order valence-electron chi connectivity index (χ4n) is 1.30. The average molecular weight is 245 g/mol. The Morgan fingerprint density at radius 1 is 1.12 bits per heavy atom. The summed E-state index contributed by atoms with van der Waals surface area (Å²) < 4.78 is 0. The number of nitrogens with one attached hydrogen (secondary N) is 1. The van der Waals surface area contributed by atoms with Crippen molar-refractivity contribution in [1.29, 1.82) is 5.26 Å². The van der Waals surface area contributed by atoms with E-state index in [9.17, 15) is 0 Å². The molecule has 0 amide bonds. The Kier molecular flexibility index (Phi) is 3.53. The average Bonchev–Trinajstić information content (AvgIpc) is 2.39. The highest BCUT2D eigenvalue weighted by molar-refractivity contribution is 6.29. The van der Waals surface area contributed by atoms with Gasteiger partial charge in [-0.1, -0.05) is 23.7 Å². The van der Waals surface area contributed by atoms with Gasteiger partial charge in [0.15, 0.2) is 5.15 Å². The van der Waals surface area contributed by atoms with Crippen LogP contribution in [0.5, 0.6) is 0 Å². The van der Waals surface area contributed by atoms with Gasteiger partial charge >= 0.3 is 0 Å². The summed E-state index contributed by atoms with van der Waals surface area (Å²) in [5, 5.41) is 19.8. The van der Waals surface area contributed by atoms with Crippen molar-refractivity contribution in [2.45, 2.75) is 6.54 Å². The molecule has 0 saturated carbocycles. The van der Waals surface area contributed by atoms with Crippen LogP contribution in [-0.2, 0) is 6.54 Å². The van der Waals surface area contributed by atoms with Gasteiger partial charge in [-0.2, -0.15) is 5.26 Å². The van der Waals surface area contributed by atoms with E-state index in [0.717, 1.165) is 5.56 Å². The Balaban J connectivity index is 1.98.